The maximum Gasteiger partial charge on any atom is 0.237 e. The molecule has 33 heavy (non-hydrogen) atoms. The first-order valence-corrected chi connectivity index (χ1v) is 14.1. The predicted octanol–water partition coefficient (Wildman–Crippen LogP) is 1.88. The lowest BCUT2D eigenvalue weighted by Gasteiger charge is -2.40. The quantitative estimate of drug-likeness (QED) is 0.619. The highest BCUT2D eigenvalue weighted by molar-refractivity contribution is 7.91. The first-order valence-electron chi connectivity index (χ1n) is 12.3. The van der Waals surface area contributed by atoms with E-state index in [-0.39, 0.29) is 36.3 Å². The molecule has 2 saturated heterocycles. The summed E-state index contributed by atoms with van der Waals surface area (Å²) in [6.45, 7) is 5.04. The van der Waals surface area contributed by atoms with Crippen molar-refractivity contribution in [3.63, 3.8) is 0 Å². The maximum atomic E-state index is 13.4. The summed E-state index contributed by atoms with van der Waals surface area (Å²) in [5.41, 5.74) is 1.20. The van der Waals surface area contributed by atoms with Crippen molar-refractivity contribution in [3.05, 3.63) is 23.8 Å². The van der Waals surface area contributed by atoms with Gasteiger partial charge in [0.25, 0.3) is 0 Å². The number of ether oxygens (including phenoxy) is 2. The number of fused-ring (bicyclic) bond motifs is 1. The summed E-state index contributed by atoms with van der Waals surface area (Å²) in [5, 5.41) is 0. The van der Waals surface area contributed by atoms with Crippen LogP contribution >= 0.6 is 0 Å². The molecule has 1 aliphatic carbocycles. The van der Waals surface area contributed by atoms with E-state index in [1.807, 2.05) is 11.0 Å². The Morgan fingerprint density at radius 3 is 2.39 bits per heavy atom. The van der Waals surface area contributed by atoms with Gasteiger partial charge < -0.3 is 14.4 Å². The summed E-state index contributed by atoms with van der Waals surface area (Å²) in [6.07, 6.45) is 6.08. The molecule has 0 N–H and O–H groups in total. The summed E-state index contributed by atoms with van der Waals surface area (Å²) < 4.78 is 35.1. The van der Waals surface area contributed by atoms with E-state index in [0.717, 1.165) is 69.9 Å². The van der Waals surface area contributed by atoms with Gasteiger partial charge in [0.2, 0.25) is 12.7 Å². The van der Waals surface area contributed by atoms with Crippen LogP contribution in [0.3, 0.4) is 0 Å². The number of piperazine rings is 1. The minimum absolute atomic E-state index is 0.119. The number of hydrogen-bond donors (Lipinski definition) is 0. The first-order chi connectivity index (χ1) is 16.0. The summed E-state index contributed by atoms with van der Waals surface area (Å²) in [7, 11) is -3.02. The fourth-order valence-corrected chi connectivity index (χ4v) is 7.45. The van der Waals surface area contributed by atoms with E-state index in [1.165, 1.54) is 12.0 Å². The third-order valence-corrected chi connectivity index (χ3v) is 9.28. The van der Waals surface area contributed by atoms with Crippen molar-refractivity contribution in [2.24, 2.45) is 0 Å². The fraction of sp³-hybridized carbons (Fsp3) is 0.708. The van der Waals surface area contributed by atoms with Gasteiger partial charge in [0.1, 0.15) is 0 Å². The van der Waals surface area contributed by atoms with Crippen molar-refractivity contribution in [2.45, 2.75) is 57.2 Å². The number of sulfone groups is 1. The van der Waals surface area contributed by atoms with E-state index in [4.69, 9.17) is 9.47 Å². The lowest BCUT2D eigenvalue weighted by Crippen LogP contribution is -2.54. The number of nitrogens with zero attached hydrogens (tertiary/aromatic N) is 3. The van der Waals surface area contributed by atoms with Crippen LogP contribution in [-0.4, -0.2) is 92.1 Å². The zero-order valence-electron chi connectivity index (χ0n) is 19.3. The normalized spacial score (nSPS) is 25.9. The van der Waals surface area contributed by atoms with Crippen LogP contribution in [-0.2, 0) is 21.2 Å². The maximum absolute atomic E-state index is 13.4. The molecule has 3 aliphatic heterocycles. The number of carbonyl (C=O) groups is 1. The van der Waals surface area contributed by atoms with Gasteiger partial charge >= 0.3 is 0 Å². The first kappa shape index (κ1) is 22.9. The highest BCUT2D eigenvalue weighted by Crippen LogP contribution is 2.33. The molecule has 0 bridgehead atoms. The second kappa shape index (κ2) is 9.80. The summed E-state index contributed by atoms with van der Waals surface area (Å²) in [6, 6.07) is 6.17. The topological polar surface area (TPSA) is 79.4 Å². The zero-order chi connectivity index (χ0) is 22.8. The number of hydrogen-bond acceptors (Lipinski definition) is 7. The van der Waals surface area contributed by atoms with Gasteiger partial charge in [0.05, 0.1) is 18.1 Å². The molecule has 8 nitrogen and oxygen atoms in total. The molecule has 9 heteroatoms. The van der Waals surface area contributed by atoms with Crippen LogP contribution in [0.2, 0.25) is 0 Å². The second-order valence-corrected chi connectivity index (χ2v) is 12.1. The fourth-order valence-electron chi connectivity index (χ4n) is 5.74. The highest BCUT2D eigenvalue weighted by Gasteiger charge is 2.39. The van der Waals surface area contributed by atoms with Crippen LogP contribution in [0.5, 0.6) is 11.5 Å². The van der Waals surface area contributed by atoms with Gasteiger partial charge in [-0.05, 0) is 37.0 Å². The molecular formula is C24H35N3O5S. The van der Waals surface area contributed by atoms with Crippen LogP contribution in [0.15, 0.2) is 18.2 Å². The Labute approximate surface area is 196 Å². The molecule has 3 heterocycles. The van der Waals surface area contributed by atoms with Crippen molar-refractivity contribution in [1.82, 2.24) is 14.7 Å². The van der Waals surface area contributed by atoms with Crippen LogP contribution < -0.4 is 9.47 Å². The van der Waals surface area contributed by atoms with Crippen molar-refractivity contribution in [2.75, 3.05) is 51.0 Å². The van der Waals surface area contributed by atoms with Crippen molar-refractivity contribution in [3.8, 4) is 11.5 Å². The van der Waals surface area contributed by atoms with Crippen molar-refractivity contribution in [1.29, 1.82) is 0 Å². The third-order valence-electron chi connectivity index (χ3n) is 7.52. The average Bonchev–Trinajstić information content (AvgIpc) is 3.41. The van der Waals surface area contributed by atoms with Crippen molar-refractivity contribution >= 4 is 15.7 Å². The molecule has 0 radical (unpaired) electrons. The molecule has 3 fully saturated rings. The largest absolute Gasteiger partial charge is 0.454 e. The molecule has 5 rings (SSSR count). The van der Waals surface area contributed by atoms with Gasteiger partial charge in [-0.1, -0.05) is 25.3 Å². The van der Waals surface area contributed by atoms with Gasteiger partial charge in [-0.2, -0.15) is 0 Å². The van der Waals surface area contributed by atoms with E-state index >= 15 is 0 Å². The average molecular weight is 478 g/mol. The molecule has 1 aromatic rings. The molecule has 1 amide bonds. The lowest BCUT2D eigenvalue weighted by atomic mass is 9.92. The van der Waals surface area contributed by atoms with E-state index < -0.39 is 9.84 Å². The summed E-state index contributed by atoms with van der Waals surface area (Å²) in [5.74, 6) is 2.09. The van der Waals surface area contributed by atoms with E-state index in [9.17, 15) is 13.2 Å². The molecule has 0 aromatic heterocycles. The molecule has 0 unspecified atom stereocenters. The molecule has 0 spiro atoms. The molecule has 4 aliphatic rings. The highest BCUT2D eigenvalue weighted by atomic mass is 32.2. The van der Waals surface area contributed by atoms with Crippen LogP contribution in [0.25, 0.3) is 0 Å². The minimum atomic E-state index is -3.02. The molecule has 1 saturated carbocycles. The second-order valence-electron chi connectivity index (χ2n) is 9.89. The monoisotopic (exact) mass is 477 g/mol. The number of rotatable bonds is 6. The van der Waals surface area contributed by atoms with E-state index in [1.54, 1.807) is 0 Å². The number of amides is 1. The minimum Gasteiger partial charge on any atom is -0.454 e. The Bertz CT molecular complexity index is 955. The zero-order valence-corrected chi connectivity index (χ0v) is 20.1. The van der Waals surface area contributed by atoms with E-state index in [0.29, 0.717) is 13.0 Å². The Balaban J connectivity index is 1.16. The smallest absolute Gasteiger partial charge is 0.237 e. The molecular weight excluding hydrogens is 442 g/mol. The summed E-state index contributed by atoms with van der Waals surface area (Å²) in [4.78, 5) is 20.1. The van der Waals surface area contributed by atoms with Gasteiger partial charge in [0.15, 0.2) is 21.3 Å². The lowest BCUT2D eigenvalue weighted by molar-refractivity contribution is -0.138. The van der Waals surface area contributed by atoms with Gasteiger partial charge in [0, 0.05) is 44.8 Å². The van der Waals surface area contributed by atoms with Crippen LogP contribution in [0.1, 0.15) is 44.1 Å². The van der Waals surface area contributed by atoms with E-state index in [2.05, 4.69) is 21.9 Å². The van der Waals surface area contributed by atoms with Gasteiger partial charge in [-0.15, -0.1) is 0 Å². The molecule has 1 aromatic carbocycles. The van der Waals surface area contributed by atoms with Crippen molar-refractivity contribution < 1.29 is 22.7 Å². The number of benzene rings is 1. The third kappa shape index (κ3) is 5.46. The summed E-state index contributed by atoms with van der Waals surface area (Å²) >= 11 is 0. The predicted molar refractivity (Wildman–Crippen MR) is 125 cm³/mol. The SMILES string of the molecule is O=C(CN1CCN(Cc2ccc3c(c2)OCO3)CC1)N(C1CCCCC1)[C@H]1CCS(=O)(=O)C1. The van der Waals surface area contributed by atoms with Gasteiger partial charge in [-0.3, -0.25) is 14.6 Å². The Hall–Kier alpha value is -1.84. The van der Waals surface area contributed by atoms with Crippen LogP contribution in [0.4, 0.5) is 0 Å². The molecule has 1 atom stereocenters. The Morgan fingerprint density at radius 2 is 1.67 bits per heavy atom. The Morgan fingerprint density at radius 1 is 0.939 bits per heavy atom. The van der Waals surface area contributed by atoms with Crippen LogP contribution in [0, 0.1) is 0 Å². The Kier molecular flexibility index (Phi) is 6.81. The number of carbonyl (C=O) groups excluding carboxylic acids is 1. The molecule has 182 valence electrons. The van der Waals surface area contributed by atoms with Gasteiger partial charge in [-0.25, -0.2) is 8.42 Å². The standard InChI is InChI=1S/C24H35N3O5S/c28-24(27(20-4-2-1-3-5-20)21-8-13-33(29,30)17-21)16-26-11-9-25(10-12-26)15-19-6-7-22-23(14-19)32-18-31-22/h6-7,14,20-21H,1-5,8-13,15-18H2/t21-/m0/s1.